The summed E-state index contributed by atoms with van der Waals surface area (Å²) in [7, 11) is 2.20. The zero-order valence-electron chi connectivity index (χ0n) is 10.2. The zero-order valence-corrected chi connectivity index (χ0v) is 11.0. The molecule has 2 rings (SSSR count). The Labute approximate surface area is 101 Å². The van der Waals surface area contributed by atoms with Gasteiger partial charge in [-0.3, -0.25) is 0 Å². The molecule has 0 spiro atoms. The number of nitrogens with one attached hydrogen (secondary N) is 1. The van der Waals surface area contributed by atoms with E-state index in [-0.39, 0.29) is 0 Å². The lowest BCUT2D eigenvalue weighted by molar-refractivity contribution is 0.208. The van der Waals surface area contributed by atoms with Gasteiger partial charge in [-0.1, -0.05) is 11.3 Å². The van der Waals surface area contributed by atoms with Gasteiger partial charge in [-0.25, -0.2) is 0 Å². The molecule has 0 aliphatic carbocycles. The predicted molar refractivity (Wildman–Crippen MR) is 68.0 cm³/mol. The first-order chi connectivity index (χ1) is 7.65. The second kappa shape index (κ2) is 5.10. The van der Waals surface area contributed by atoms with E-state index in [1.165, 1.54) is 25.9 Å². The number of piperidine rings is 1. The average molecular weight is 240 g/mol. The molecular formula is C11H20N4S. The summed E-state index contributed by atoms with van der Waals surface area (Å²) in [6, 6.07) is 0.501. The molecule has 1 aliphatic heterocycles. The van der Waals surface area contributed by atoms with Crippen LogP contribution in [-0.4, -0.2) is 41.3 Å². The van der Waals surface area contributed by atoms with Gasteiger partial charge >= 0.3 is 0 Å². The molecule has 1 aliphatic rings. The van der Waals surface area contributed by atoms with Crippen LogP contribution in [-0.2, 0) is 0 Å². The van der Waals surface area contributed by atoms with Gasteiger partial charge < -0.3 is 10.2 Å². The van der Waals surface area contributed by atoms with Crippen LogP contribution in [0.15, 0.2) is 0 Å². The molecule has 1 aromatic heterocycles. The van der Waals surface area contributed by atoms with Crippen LogP contribution in [0, 0.1) is 12.8 Å². The molecule has 0 saturated carbocycles. The van der Waals surface area contributed by atoms with E-state index in [1.807, 2.05) is 6.92 Å². The third kappa shape index (κ3) is 2.92. The third-order valence-electron chi connectivity index (χ3n) is 3.35. The van der Waals surface area contributed by atoms with E-state index in [1.54, 1.807) is 11.3 Å². The average Bonchev–Trinajstić information content (AvgIpc) is 2.65. The fraction of sp³-hybridized carbons (Fsp3) is 0.818. The van der Waals surface area contributed by atoms with Crippen LogP contribution >= 0.6 is 11.3 Å². The maximum atomic E-state index is 4.11. The lowest BCUT2D eigenvalue weighted by atomic mass is 9.91. The van der Waals surface area contributed by atoms with Crippen LogP contribution in [0.1, 0.15) is 24.8 Å². The van der Waals surface area contributed by atoms with Gasteiger partial charge in [0.25, 0.3) is 0 Å². The number of aryl methyl sites for hydroxylation is 1. The van der Waals surface area contributed by atoms with Crippen molar-refractivity contribution >= 4 is 16.5 Å². The summed E-state index contributed by atoms with van der Waals surface area (Å²) in [5.74, 6) is 0.764. The Bertz CT molecular complexity index is 330. The van der Waals surface area contributed by atoms with E-state index < -0.39 is 0 Å². The molecule has 0 bridgehead atoms. The minimum Gasteiger partial charge on any atom is -0.357 e. The van der Waals surface area contributed by atoms with E-state index in [0.29, 0.717) is 6.04 Å². The van der Waals surface area contributed by atoms with Crippen LogP contribution in [0.2, 0.25) is 0 Å². The van der Waals surface area contributed by atoms with Gasteiger partial charge in [0, 0.05) is 6.04 Å². The van der Waals surface area contributed by atoms with Crippen molar-refractivity contribution in [2.24, 2.45) is 5.92 Å². The molecule has 90 valence electrons. The molecule has 1 unspecified atom stereocenters. The monoisotopic (exact) mass is 240 g/mol. The summed E-state index contributed by atoms with van der Waals surface area (Å²) in [5.41, 5.74) is 0. The Hall–Kier alpha value is -0.680. The van der Waals surface area contributed by atoms with E-state index in [9.17, 15) is 0 Å². The molecule has 0 aromatic carbocycles. The Morgan fingerprint density at radius 3 is 2.62 bits per heavy atom. The van der Waals surface area contributed by atoms with Crippen LogP contribution in [0.25, 0.3) is 0 Å². The Morgan fingerprint density at radius 2 is 2.06 bits per heavy atom. The van der Waals surface area contributed by atoms with Gasteiger partial charge in [0.05, 0.1) is 0 Å². The second-order valence-electron chi connectivity index (χ2n) is 4.70. The highest BCUT2D eigenvalue weighted by Crippen LogP contribution is 2.23. The Kier molecular flexibility index (Phi) is 3.76. The highest BCUT2D eigenvalue weighted by Gasteiger charge is 2.22. The number of likely N-dealkylation sites (tertiary alicyclic amines) is 1. The number of anilines is 1. The highest BCUT2D eigenvalue weighted by atomic mass is 32.1. The van der Waals surface area contributed by atoms with Crippen LogP contribution in [0.3, 0.4) is 0 Å². The number of nitrogens with zero attached hydrogens (tertiary/aromatic N) is 3. The summed E-state index contributed by atoms with van der Waals surface area (Å²) in [6.45, 7) is 6.67. The number of hydrogen-bond donors (Lipinski definition) is 1. The van der Waals surface area contributed by atoms with E-state index in [4.69, 9.17) is 0 Å². The van der Waals surface area contributed by atoms with Crippen molar-refractivity contribution in [2.75, 3.05) is 25.5 Å². The maximum Gasteiger partial charge on any atom is 0.205 e. The van der Waals surface area contributed by atoms with Crippen LogP contribution < -0.4 is 5.32 Å². The molecule has 2 heterocycles. The quantitative estimate of drug-likeness (QED) is 0.877. The Morgan fingerprint density at radius 1 is 1.38 bits per heavy atom. The van der Waals surface area contributed by atoms with Gasteiger partial charge in [-0.15, -0.1) is 10.2 Å². The summed E-state index contributed by atoms with van der Waals surface area (Å²) >= 11 is 1.64. The SMILES string of the molecule is Cc1nnc(NC(C)C2CCN(C)CC2)s1. The van der Waals surface area contributed by atoms with E-state index in [0.717, 1.165) is 16.1 Å². The zero-order chi connectivity index (χ0) is 11.5. The second-order valence-corrected chi connectivity index (χ2v) is 5.88. The fourth-order valence-electron chi connectivity index (χ4n) is 2.20. The molecule has 0 amide bonds. The van der Waals surface area contributed by atoms with Gasteiger partial charge in [-0.2, -0.15) is 0 Å². The number of aromatic nitrogens is 2. The smallest absolute Gasteiger partial charge is 0.205 e. The first-order valence-corrected chi connectivity index (χ1v) is 6.72. The summed E-state index contributed by atoms with van der Waals surface area (Å²) in [4.78, 5) is 2.40. The van der Waals surface area contributed by atoms with Gasteiger partial charge in [0.2, 0.25) is 5.13 Å². The van der Waals surface area contributed by atoms with Crippen molar-refractivity contribution in [3.05, 3.63) is 5.01 Å². The highest BCUT2D eigenvalue weighted by molar-refractivity contribution is 7.15. The van der Waals surface area contributed by atoms with Crippen molar-refractivity contribution in [3.63, 3.8) is 0 Å². The van der Waals surface area contributed by atoms with Crippen LogP contribution in [0.4, 0.5) is 5.13 Å². The lowest BCUT2D eigenvalue weighted by Gasteiger charge is -2.32. The fourth-order valence-corrected chi connectivity index (χ4v) is 2.88. The molecule has 1 aromatic rings. The number of rotatable bonds is 3. The summed E-state index contributed by atoms with van der Waals surface area (Å²) in [5, 5.41) is 13.6. The predicted octanol–water partition coefficient (Wildman–Crippen LogP) is 1.99. The summed E-state index contributed by atoms with van der Waals surface area (Å²) < 4.78 is 0. The molecule has 1 saturated heterocycles. The van der Waals surface area contributed by atoms with E-state index in [2.05, 4.69) is 34.4 Å². The van der Waals surface area contributed by atoms with Crippen molar-refractivity contribution in [1.29, 1.82) is 0 Å². The molecule has 1 atom stereocenters. The largest absolute Gasteiger partial charge is 0.357 e. The first kappa shape index (κ1) is 11.8. The van der Waals surface area contributed by atoms with Crippen LogP contribution in [0.5, 0.6) is 0 Å². The first-order valence-electron chi connectivity index (χ1n) is 5.90. The lowest BCUT2D eigenvalue weighted by Crippen LogP contribution is -2.37. The molecule has 0 radical (unpaired) electrons. The number of hydrogen-bond acceptors (Lipinski definition) is 5. The standard InChI is InChI=1S/C11H20N4S/c1-8(10-4-6-15(3)7-5-10)12-11-14-13-9(2)16-11/h8,10H,4-7H2,1-3H3,(H,12,14). The minimum atomic E-state index is 0.501. The van der Waals surface area contributed by atoms with Crippen molar-refractivity contribution in [1.82, 2.24) is 15.1 Å². The molecule has 16 heavy (non-hydrogen) atoms. The molecule has 4 nitrogen and oxygen atoms in total. The molecule has 1 fully saturated rings. The normalized spacial score (nSPS) is 20.9. The molecular weight excluding hydrogens is 220 g/mol. The van der Waals surface area contributed by atoms with Crippen molar-refractivity contribution in [3.8, 4) is 0 Å². The minimum absolute atomic E-state index is 0.501. The topological polar surface area (TPSA) is 41.1 Å². The van der Waals surface area contributed by atoms with Gasteiger partial charge in [-0.05, 0) is 52.7 Å². The van der Waals surface area contributed by atoms with E-state index >= 15 is 0 Å². The maximum absolute atomic E-state index is 4.11. The molecule has 1 N–H and O–H groups in total. The molecule has 5 heteroatoms. The van der Waals surface area contributed by atoms with Crippen molar-refractivity contribution in [2.45, 2.75) is 32.7 Å². The van der Waals surface area contributed by atoms with Gasteiger partial charge in [0.15, 0.2) is 0 Å². The summed E-state index contributed by atoms with van der Waals surface area (Å²) in [6.07, 6.45) is 2.56. The van der Waals surface area contributed by atoms with Crippen molar-refractivity contribution < 1.29 is 0 Å². The Balaban J connectivity index is 1.85. The van der Waals surface area contributed by atoms with Gasteiger partial charge in [0.1, 0.15) is 5.01 Å². The third-order valence-corrected chi connectivity index (χ3v) is 4.12.